The molecular weight excluding hydrogens is 232 g/mol. The zero-order valence-corrected chi connectivity index (χ0v) is 10.4. The Bertz CT molecular complexity index is 402. The van der Waals surface area contributed by atoms with Crippen molar-refractivity contribution in [2.45, 2.75) is 51.0 Å². The number of carbonyl (C=O) groups is 3. The van der Waals surface area contributed by atoms with Crippen LogP contribution < -0.4 is 5.32 Å². The molecule has 3 fully saturated rings. The van der Waals surface area contributed by atoms with E-state index in [-0.39, 0.29) is 23.8 Å². The van der Waals surface area contributed by atoms with Crippen LogP contribution in [-0.4, -0.2) is 35.2 Å². The number of carbonyl (C=O) groups excluding carboxylic acids is 3. The Morgan fingerprint density at radius 1 is 1.17 bits per heavy atom. The van der Waals surface area contributed by atoms with E-state index in [9.17, 15) is 14.4 Å². The molecule has 3 amide bonds. The molecule has 5 nitrogen and oxygen atoms in total. The summed E-state index contributed by atoms with van der Waals surface area (Å²) in [5, 5.41) is 2.74. The van der Waals surface area contributed by atoms with Crippen molar-refractivity contribution in [3.05, 3.63) is 0 Å². The lowest BCUT2D eigenvalue weighted by atomic mass is 9.84. The lowest BCUT2D eigenvalue weighted by molar-refractivity contribution is -0.145. The third-order valence-corrected chi connectivity index (χ3v) is 4.60. The third-order valence-electron chi connectivity index (χ3n) is 4.60. The van der Waals surface area contributed by atoms with E-state index in [1.54, 1.807) is 0 Å². The van der Waals surface area contributed by atoms with Crippen molar-refractivity contribution >= 4 is 17.7 Å². The predicted molar refractivity (Wildman–Crippen MR) is 63.4 cm³/mol. The molecule has 1 N–H and O–H groups in total. The molecule has 3 rings (SSSR count). The van der Waals surface area contributed by atoms with Gasteiger partial charge in [-0.25, -0.2) is 0 Å². The van der Waals surface area contributed by atoms with E-state index in [0.29, 0.717) is 25.8 Å². The van der Waals surface area contributed by atoms with Crippen LogP contribution in [0.25, 0.3) is 0 Å². The molecule has 2 saturated heterocycles. The number of hydrogen-bond acceptors (Lipinski definition) is 3. The number of imide groups is 1. The fourth-order valence-electron chi connectivity index (χ4n) is 3.57. The van der Waals surface area contributed by atoms with Crippen LogP contribution in [0.5, 0.6) is 0 Å². The van der Waals surface area contributed by atoms with Crippen molar-refractivity contribution in [3.63, 3.8) is 0 Å². The maximum atomic E-state index is 12.5. The van der Waals surface area contributed by atoms with Gasteiger partial charge in [0.15, 0.2) is 0 Å². The molecule has 1 saturated carbocycles. The highest BCUT2D eigenvalue weighted by atomic mass is 16.2. The minimum absolute atomic E-state index is 0.0147. The quantitative estimate of drug-likeness (QED) is 0.692. The number of likely N-dealkylation sites (tertiary alicyclic amines) is 1. The van der Waals surface area contributed by atoms with E-state index in [2.05, 4.69) is 5.32 Å². The highest BCUT2D eigenvalue weighted by Gasteiger charge is 2.54. The van der Waals surface area contributed by atoms with Crippen LogP contribution in [0.3, 0.4) is 0 Å². The van der Waals surface area contributed by atoms with Crippen LogP contribution >= 0.6 is 0 Å². The largest absolute Gasteiger partial charge is 0.354 e. The smallest absolute Gasteiger partial charge is 0.236 e. The summed E-state index contributed by atoms with van der Waals surface area (Å²) in [4.78, 5) is 37.2. The molecule has 1 unspecified atom stereocenters. The Morgan fingerprint density at radius 2 is 1.89 bits per heavy atom. The number of piperidine rings is 1. The van der Waals surface area contributed by atoms with Crippen LogP contribution in [0.2, 0.25) is 0 Å². The van der Waals surface area contributed by atoms with E-state index in [4.69, 9.17) is 0 Å². The number of nitrogens with zero attached hydrogens (tertiary/aromatic N) is 1. The minimum atomic E-state index is -0.390. The molecule has 5 heteroatoms. The number of hydrogen-bond donors (Lipinski definition) is 1. The molecule has 0 bridgehead atoms. The predicted octanol–water partition coefficient (Wildman–Crippen LogP) is 0.584. The Balaban J connectivity index is 1.78. The van der Waals surface area contributed by atoms with E-state index in [1.165, 1.54) is 4.90 Å². The molecule has 18 heavy (non-hydrogen) atoms. The maximum Gasteiger partial charge on any atom is 0.236 e. The Labute approximate surface area is 106 Å². The fraction of sp³-hybridized carbons (Fsp3) is 0.769. The molecule has 0 aromatic heterocycles. The molecule has 1 atom stereocenters. The summed E-state index contributed by atoms with van der Waals surface area (Å²) in [5.74, 6) is -0.00452. The van der Waals surface area contributed by atoms with Crippen molar-refractivity contribution in [1.29, 1.82) is 0 Å². The second-order valence-electron chi connectivity index (χ2n) is 5.73. The van der Waals surface area contributed by atoms with Gasteiger partial charge >= 0.3 is 0 Å². The molecule has 98 valence electrons. The van der Waals surface area contributed by atoms with Crippen LogP contribution in [0.4, 0.5) is 0 Å². The molecule has 1 spiro atoms. The topological polar surface area (TPSA) is 66.5 Å². The molecule has 3 aliphatic rings. The summed E-state index contributed by atoms with van der Waals surface area (Å²) >= 11 is 0. The van der Waals surface area contributed by atoms with Crippen molar-refractivity contribution in [3.8, 4) is 0 Å². The summed E-state index contributed by atoms with van der Waals surface area (Å²) in [6.07, 6.45) is 5.22. The first kappa shape index (κ1) is 11.7. The molecule has 1 aliphatic carbocycles. The van der Waals surface area contributed by atoms with Gasteiger partial charge in [0.2, 0.25) is 17.7 Å². The van der Waals surface area contributed by atoms with E-state index in [1.807, 2.05) is 0 Å². The van der Waals surface area contributed by atoms with Gasteiger partial charge in [-0.05, 0) is 19.3 Å². The normalized spacial score (nSPS) is 31.2. The molecular formula is C13H18N2O3. The summed E-state index contributed by atoms with van der Waals surface area (Å²) in [7, 11) is 0. The lowest BCUT2D eigenvalue weighted by Gasteiger charge is -2.31. The van der Waals surface area contributed by atoms with Gasteiger partial charge in [0.25, 0.3) is 0 Å². The van der Waals surface area contributed by atoms with Crippen molar-refractivity contribution < 1.29 is 14.4 Å². The van der Waals surface area contributed by atoms with Crippen molar-refractivity contribution in [2.75, 3.05) is 6.54 Å². The summed E-state index contributed by atoms with van der Waals surface area (Å²) < 4.78 is 0. The lowest BCUT2D eigenvalue weighted by Crippen LogP contribution is -2.51. The van der Waals surface area contributed by atoms with Gasteiger partial charge in [0.05, 0.1) is 11.5 Å². The van der Waals surface area contributed by atoms with Gasteiger partial charge < -0.3 is 5.32 Å². The summed E-state index contributed by atoms with van der Waals surface area (Å²) in [6.45, 7) is 0.423. The fourth-order valence-corrected chi connectivity index (χ4v) is 3.57. The standard InChI is InChI=1S/C13H18N2O3/c16-10-4-3-9(8-14-10)15-11(17)7-13(12(15)18)5-1-2-6-13/h9H,1-8H2,(H,14,16). The number of nitrogens with one attached hydrogen (secondary N) is 1. The first-order valence-electron chi connectivity index (χ1n) is 6.76. The van der Waals surface area contributed by atoms with E-state index < -0.39 is 5.41 Å². The average molecular weight is 250 g/mol. The molecule has 0 radical (unpaired) electrons. The highest BCUT2D eigenvalue weighted by Crippen LogP contribution is 2.47. The summed E-state index contributed by atoms with van der Waals surface area (Å²) in [6, 6.07) is -0.123. The second-order valence-corrected chi connectivity index (χ2v) is 5.73. The SMILES string of the molecule is O=C1CCC(N2C(=O)CC3(CCCC3)C2=O)CN1. The monoisotopic (exact) mass is 250 g/mol. The molecule has 0 aromatic rings. The molecule has 0 aromatic carbocycles. The van der Waals surface area contributed by atoms with Gasteiger partial charge in [-0.3, -0.25) is 19.3 Å². The zero-order chi connectivity index (χ0) is 12.8. The van der Waals surface area contributed by atoms with Crippen LogP contribution in [-0.2, 0) is 14.4 Å². The Morgan fingerprint density at radius 3 is 2.50 bits per heavy atom. The van der Waals surface area contributed by atoms with Crippen molar-refractivity contribution in [2.24, 2.45) is 5.41 Å². The summed E-state index contributed by atoms with van der Waals surface area (Å²) in [5.41, 5.74) is -0.390. The van der Waals surface area contributed by atoms with Gasteiger partial charge in [-0.15, -0.1) is 0 Å². The van der Waals surface area contributed by atoms with Gasteiger partial charge in [0, 0.05) is 19.4 Å². The van der Waals surface area contributed by atoms with Gasteiger partial charge in [-0.1, -0.05) is 12.8 Å². The van der Waals surface area contributed by atoms with Crippen LogP contribution in [0.1, 0.15) is 44.9 Å². The third kappa shape index (κ3) is 1.64. The number of amides is 3. The maximum absolute atomic E-state index is 12.5. The van der Waals surface area contributed by atoms with Crippen molar-refractivity contribution in [1.82, 2.24) is 10.2 Å². The average Bonchev–Trinajstić information content (AvgIpc) is 2.89. The molecule has 2 heterocycles. The van der Waals surface area contributed by atoms with Crippen LogP contribution in [0, 0.1) is 5.41 Å². The zero-order valence-electron chi connectivity index (χ0n) is 10.4. The Hall–Kier alpha value is -1.39. The minimum Gasteiger partial charge on any atom is -0.354 e. The number of rotatable bonds is 1. The second kappa shape index (κ2) is 4.07. The van der Waals surface area contributed by atoms with E-state index >= 15 is 0 Å². The molecule has 2 aliphatic heterocycles. The first-order valence-corrected chi connectivity index (χ1v) is 6.76. The van der Waals surface area contributed by atoms with Gasteiger partial charge in [-0.2, -0.15) is 0 Å². The van der Waals surface area contributed by atoms with Gasteiger partial charge in [0.1, 0.15) is 0 Å². The van der Waals surface area contributed by atoms with E-state index in [0.717, 1.165) is 25.7 Å². The first-order chi connectivity index (χ1) is 8.62. The Kier molecular flexibility index (Phi) is 2.64. The highest BCUT2D eigenvalue weighted by molar-refractivity contribution is 6.06. The van der Waals surface area contributed by atoms with Crippen LogP contribution in [0.15, 0.2) is 0 Å².